The minimum absolute atomic E-state index is 0.0796. The van der Waals surface area contributed by atoms with Crippen molar-refractivity contribution in [3.63, 3.8) is 0 Å². The number of ether oxygens (including phenoxy) is 1. The van der Waals surface area contributed by atoms with Crippen LogP contribution in [0.3, 0.4) is 0 Å². The minimum Gasteiger partial charge on any atom is -0.495 e. The number of rotatable bonds is 9. The van der Waals surface area contributed by atoms with Gasteiger partial charge in [0.2, 0.25) is 15.9 Å². The standard InChI is InChI=1S/C27H31N3O4S/c1-34-26-12-6-5-11-25(26)29-18-20-30(21-19-29)35(32,33)24-16-14-23(15-17-24)28-27(31)13-7-10-22-8-3-2-4-9-22/h2-6,8-9,11-12,14-17H,7,10,13,18-21H2,1H3,(H,28,31). The lowest BCUT2D eigenvalue weighted by molar-refractivity contribution is -0.116. The average Bonchev–Trinajstić information content (AvgIpc) is 2.89. The van der Waals surface area contributed by atoms with Crippen LogP contribution >= 0.6 is 0 Å². The van der Waals surface area contributed by atoms with Crippen LogP contribution in [0.4, 0.5) is 11.4 Å². The molecule has 4 rings (SSSR count). The molecule has 0 spiro atoms. The number of carbonyl (C=O) groups excluding carboxylic acids is 1. The molecule has 0 atom stereocenters. The highest BCUT2D eigenvalue weighted by atomic mass is 32.2. The Morgan fingerprint density at radius 1 is 0.886 bits per heavy atom. The highest BCUT2D eigenvalue weighted by Gasteiger charge is 2.29. The highest BCUT2D eigenvalue weighted by Crippen LogP contribution is 2.29. The minimum atomic E-state index is -3.61. The Hall–Kier alpha value is -3.36. The van der Waals surface area contributed by atoms with Gasteiger partial charge in [-0.2, -0.15) is 4.31 Å². The second-order valence-electron chi connectivity index (χ2n) is 8.47. The van der Waals surface area contributed by atoms with Crippen LogP contribution < -0.4 is 15.0 Å². The molecule has 3 aromatic carbocycles. The van der Waals surface area contributed by atoms with Crippen LogP contribution in [0.2, 0.25) is 0 Å². The number of hydrogen-bond donors (Lipinski definition) is 1. The molecule has 1 aliphatic rings. The SMILES string of the molecule is COc1ccccc1N1CCN(S(=O)(=O)c2ccc(NC(=O)CCCc3ccccc3)cc2)CC1. The summed E-state index contributed by atoms with van der Waals surface area (Å²) in [6.45, 7) is 1.94. The van der Waals surface area contributed by atoms with Crippen molar-refractivity contribution >= 4 is 27.3 Å². The van der Waals surface area contributed by atoms with Crippen molar-refractivity contribution in [2.24, 2.45) is 0 Å². The van der Waals surface area contributed by atoms with E-state index < -0.39 is 10.0 Å². The molecular formula is C27H31N3O4S. The lowest BCUT2D eigenvalue weighted by atomic mass is 10.1. The number of amides is 1. The van der Waals surface area contributed by atoms with Crippen molar-refractivity contribution in [1.82, 2.24) is 4.31 Å². The molecule has 8 heteroatoms. The number of methoxy groups -OCH3 is 1. The summed E-state index contributed by atoms with van der Waals surface area (Å²) in [5.74, 6) is 0.700. The van der Waals surface area contributed by atoms with Crippen LogP contribution in [-0.4, -0.2) is 51.9 Å². The third kappa shape index (κ3) is 6.21. The predicted molar refractivity (Wildman–Crippen MR) is 138 cm³/mol. The van der Waals surface area contributed by atoms with Gasteiger partial charge in [-0.05, 0) is 54.8 Å². The van der Waals surface area contributed by atoms with Crippen molar-refractivity contribution in [3.05, 3.63) is 84.4 Å². The van der Waals surface area contributed by atoms with Gasteiger partial charge >= 0.3 is 0 Å². The number of anilines is 2. The number of sulfonamides is 1. The quantitative estimate of drug-likeness (QED) is 0.484. The van der Waals surface area contributed by atoms with E-state index in [4.69, 9.17) is 4.74 Å². The summed E-state index contributed by atoms with van der Waals surface area (Å²) >= 11 is 0. The van der Waals surface area contributed by atoms with Gasteiger partial charge in [-0.1, -0.05) is 42.5 Å². The third-order valence-electron chi connectivity index (χ3n) is 6.15. The van der Waals surface area contributed by atoms with Gasteiger partial charge in [-0.3, -0.25) is 4.79 Å². The van der Waals surface area contributed by atoms with Crippen LogP contribution in [0.1, 0.15) is 18.4 Å². The maximum atomic E-state index is 13.2. The van der Waals surface area contributed by atoms with Crippen LogP contribution in [0, 0.1) is 0 Å². The van der Waals surface area contributed by atoms with E-state index in [-0.39, 0.29) is 10.8 Å². The fraction of sp³-hybridized carbons (Fsp3) is 0.296. The fourth-order valence-corrected chi connectivity index (χ4v) is 5.66. The molecule has 1 aliphatic heterocycles. The predicted octanol–water partition coefficient (Wildman–Crippen LogP) is 4.17. The number of nitrogens with one attached hydrogen (secondary N) is 1. The molecule has 0 saturated carbocycles. The Morgan fingerprint density at radius 2 is 1.54 bits per heavy atom. The number of carbonyl (C=O) groups is 1. The van der Waals surface area contributed by atoms with E-state index in [1.807, 2.05) is 42.5 Å². The lowest BCUT2D eigenvalue weighted by Crippen LogP contribution is -2.48. The second-order valence-corrected chi connectivity index (χ2v) is 10.4. The van der Waals surface area contributed by atoms with Gasteiger partial charge in [0, 0.05) is 38.3 Å². The van der Waals surface area contributed by atoms with Crippen molar-refractivity contribution < 1.29 is 17.9 Å². The van der Waals surface area contributed by atoms with E-state index in [0.29, 0.717) is 38.3 Å². The molecule has 35 heavy (non-hydrogen) atoms. The molecular weight excluding hydrogens is 462 g/mol. The Labute approximate surface area is 207 Å². The Balaban J connectivity index is 1.30. The zero-order valence-electron chi connectivity index (χ0n) is 19.9. The first-order valence-electron chi connectivity index (χ1n) is 11.8. The van der Waals surface area contributed by atoms with Gasteiger partial charge in [0.1, 0.15) is 5.75 Å². The molecule has 1 N–H and O–H groups in total. The number of para-hydroxylation sites is 2. The normalized spacial score (nSPS) is 14.5. The Morgan fingerprint density at radius 3 is 2.23 bits per heavy atom. The molecule has 1 amide bonds. The summed E-state index contributed by atoms with van der Waals surface area (Å²) < 4.78 is 33.3. The number of piperazine rings is 1. The van der Waals surface area contributed by atoms with Crippen LogP contribution in [0.25, 0.3) is 0 Å². The molecule has 1 saturated heterocycles. The molecule has 0 bridgehead atoms. The lowest BCUT2D eigenvalue weighted by Gasteiger charge is -2.35. The largest absolute Gasteiger partial charge is 0.495 e. The van der Waals surface area contributed by atoms with Gasteiger partial charge in [-0.25, -0.2) is 8.42 Å². The summed E-state index contributed by atoms with van der Waals surface area (Å²) in [7, 11) is -1.98. The van der Waals surface area contributed by atoms with Crippen molar-refractivity contribution in [3.8, 4) is 5.75 Å². The van der Waals surface area contributed by atoms with Crippen LogP contribution in [0.15, 0.2) is 83.8 Å². The molecule has 0 unspecified atom stereocenters. The highest BCUT2D eigenvalue weighted by molar-refractivity contribution is 7.89. The van der Waals surface area contributed by atoms with E-state index in [2.05, 4.69) is 22.3 Å². The molecule has 0 aliphatic carbocycles. The molecule has 1 fully saturated rings. The van der Waals surface area contributed by atoms with E-state index >= 15 is 0 Å². The zero-order valence-corrected chi connectivity index (χ0v) is 20.7. The monoisotopic (exact) mass is 493 g/mol. The maximum Gasteiger partial charge on any atom is 0.243 e. The molecule has 3 aromatic rings. The topological polar surface area (TPSA) is 79.0 Å². The summed E-state index contributed by atoms with van der Waals surface area (Å²) in [6, 6.07) is 24.2. The molecule has 7 nitrogen and oxygen atoms in total. The van der Waals surface area contributed by atoms with Crippen LogP contribution in [-0.2, 0) is 21.2 Å². The van der Waals surface area contributed by atoms with E-state index in [1.165, 1.54) is 9.87 Å². The first-order valence-corrected chi connectivity index (χ1v) is 13.2. The average molecular weight is 494 g/mol. The number of aryl methyl sites for hydroxylation is 1. The van der Waals surface area contributed by atoms with Gasteiger partial charge < -0.3 is 15.0 Å². The van der Waals surface area contributed by atoms with Gasteiger partial charge in [0.15, 0.2) is 0 Å². The molecule has 184 valence electrons. The summed E-state index contributed by atoms with van der Waals surface area (Å²) in [6.07, 6.45) is 2.00. The van der Waals surface area contributed by atoms with E-state index in [1.54, 1.807) is 31.4 Å². The molecule has 1 heterocycles. The maximum absolute atomic E-state index is 13.2. The smallest absolute Gasteiger partial charge is 0.243 e. The fourth-order valence-electron chi connectivity index (χ4n) is 4.24. The number of hydrogen-bond acceptors (Lipinski definition) is 5. The first-order chi connectivity index (χ1) is 17.0. The number of nitrogens with zero attached hydrogens (tertiary/aromatic N) is 2. The third-order valence-corrected chi connectivity index (χ3v) is 8.07. The van der Waals surface area contributed by atoms with Gasteiger partial charge in [0.05, 0.1) is 17.7 Å². The molecule has 0 aromatic heterocycles. The Bertz CT molecular complexity index is 1220. The number of benzene rings is 3. The summed E-state index contributed by atoms with van der Waals surface area (Å²) in [5.41, 5.74) is 2.77. The van der Waals surface area contributed by atoms with E-state index in [0.717, 1.165) is 24.3 Å². The van der Waals surface area contributed by atoms with Crippen molar-refractivity contribution in [1.29, 1.82) is 0 Å². The summed E-state index contributed by atoms with van der Waals surface area (Å²) in [4.78, 5) is 14.6. The van der Waals surface area contributed by atoms with Gasteiger partial charge in [-0.15, -0.1) is 0 Å². The second kappa shape index (κ2) is 11.4. The Kier molecular flexibility index (Phi) is 8.05. The van der Waals surface area contributed by atoms with Crippen molar-refractivity contribution in [2.75, 3.05) is 43.5 Å². The van der Waals surface area contributed by atoms with Gasteiger partial charge in [0.25, 0.3) is 0 Å². The zero-order chi connectivity index (χ0) is 24.7. The summed E-state index contributed by atoms with van der Waals surface area (Å²) in [5, 5.41) is 2.86. The van der Waals surface area contributed by atoms with Crippen molar-refractivity contribution in [2.45, 2.75) is 24.2 Å². The first kappa shape index (κ1) is 24.8. The van der Waals surface area contributed by atoms with Crippen LogP contribution in [0.5, 0.6) is 5.75 Å². The van der Waals surface area contributed by atoms with E-state index in [9.17, 15) is 13.2 Å². The molecule has 0 radical (unpaired) electrons.